The SMILES string of the molecule is CN(C)CCN(Cc1ccccc1)S(=O)(=O)c1ccc(Cl)cc1. The van der Waals surface area contributed by atoms with Crippen LogP contribution >= 0.6 is 11.6 Å². The lowest BCUT2D eigenvalue weighted by Gasteiger charge is -2.24. The lowest BCUT2D eigenvalue weighted by atomic mass is 10.2. The normalized spacial score (nSPS) is 12.0. The van der Waals surface area contributed by atoms with E-state index in [9.17, 15) is 8.42 Å². The van der Waals surface area contributed by atoms with Gasteiger partial charge >= 0.3 is 0 Å². The van der Waals surface area contributed by atoms with E-state index in [0.29, 0.717) is 24.7 Å². The van der Waals surface area contributed by atoms with Gasteiger partial charge in [-0.05, 0) is 43.9 Å². The molecule has 0 saturated carbocycles. The summed E-state index contributed by atoms with van der Waals surface area (Å²) in [5.41, 5.74) is 0.962. The number of nitrogens with zero attached hydrogens (tertiary/aromatic N) is 2. The molecule has 0 amide bonds. The van der Waals surface area contributed by atoms with Crippen molar-refractivity contribution >= 4 is 21.6 Å². The Balaban J connectivity index is 2.29. The molecule has 2 aromatic rings. The maximum Gasteiger partial charge on any atom is 0.243 e. The number of likely N-dealkylation sites (N-methyl/N-ethyl adjacent to an activating group) is 1. The van der Waals surface area contributed by atoms with Gasteiger partial charge < -0.3 is 4.90 Å². The zero-order chi connectivity index (χ0) is 16.9. The van der Waals surface area contributed by atoms with E-state index in [1.54, 1.807) is 24.3 Å². The Morgan fingerprint density at radius 3 is 2.09 bits per heavy atom. The molecule has 2 aromatic carbocycles. The largest absolute Gasteiger partial charge is 0.308 e. The molecule has 2 rings (SSSR count). The molecule has 0 fully saturated rings. The van der Waals surface area contributed by atoms with E-state index < -0.39 is 10.0 Å². The monoisotopic (exact) mass is 352 g/mol. The fourth-order valence-corrected chi connectivity index (χ4v) is 3.68. The van der Waals surface area contributed by atoms with Gasteiger partial charge in [-0.1, -0.05) is 41.9 Å². The molecule has 0 heterocycles. The van der Waals surface area contributed by atoms with Crippen LogP contribution in [0.1, 0.15) is 5.56 Å². The van der Waals surface area contributed by atoms with E-state index in [4.69, 9.17) is 11.6 Å². The van der Waals surface area contributed by atoms with Crippen LogP contribution in [-0.2, 0) is 16.6 Å². The van der Waals surface area contributed by atoms with Gasteiger partial charge in [0.25, 0.3) is 0 Å². The van der Waals surface area contributed by atoms with Crippen molar-refractivity contribution in [3.8, 4) is 0 Å². The van der Waals surface area contributed by atoms with Crippen LogP contribution in [0, 0.1) is 0 Å². The molecule has 0 saturated heterocycles. The van der Waals surface area contributed by atoms with Crippen LogP contribution < -0.4 is 0 Å². The van der Waals surface area contributed by atoms with Crippen LogP contribution in [-0.4, -0.2) is 44.8 Å². The third-order valence-corrected chi connectivity index (χ3v) is 5.56. The Bertz CT molecular complexity index is 716. The molecule has 0 atom stereocenters. The molecule has 6 heteroatoms. The first-order chi connectivity index (χ1) is 10.9. The highest BCUT2D eigenvalue weighted by molar-refractivity contribution is 7.89. The van der Waals surface area contributed by atoms with Gasteiger partial charge in [-0.3, -0.25) is 0 Å². The zero-order valence-electron chi connectivity index (χ0n) is 13.3. The molecular weight excluding hydrogens is 332 g/mol. The summed E-state index contributed by atoms with van der Waals surface area (Å²) in [7, 11) is 0.289. The summed E-state index contributed by atoms with van der Waals surface area (Å²) in [5.74, 6) is 0. The Labute approximate surface area is 143 Å². The Morgan fingerprint density at radius 2 is 1.52 bits per heavy atom. The summed E-state index contributed by atoms with van der Waals surface area (Å²) >= 11 is 5.86. The van der Waals surface area contributed by atoms with Crippen molar-refractivity contribution in [3.63, 3.8) is 0 Å². The van der Waals surface area contributed by atoms with Crippen molar-refractivity contribution in [1.29, 1.82) is 0 Å². The third kappa shape index (κ3) is 5.04. The van der Waals surface area contributed by atoms with Crippen LogP contribution in [0.25, 0.3) is 0 Å². The number of rotatable bonds is 7. The second kappa shape index (κ2) is 7.93. The first-order valence-corrected chi connectivity index (χ1v) is 9.16. The van der Waals surface area contributed by atoms with E-state index in [2.05, 4.69) is 0 Å². The van der Waals surface area contributed by atoms with Gasteiger partial charge in [-0.15, -0.1) is 0 Å². The summed E-state index contributed by atoms with van der Waals surface area (Å²) in [6.07, 6.45) is 0. The lowest BCUT2D eigenvalue weighted by Crippen LogP contribution is -2.36. The highest BCUT2D eigenvalue weighted by Gasteiger charge is 2.24. The molecule has 0 aliphatic carbocycles. The van der Waals surface area contributed by atoms with Crippen LogP contribution in [0.15, 0.2) is 59.5 Å². The summed E-state index contributed by atoms with van der Waals surface area (Å²) in [6, 6.07) is 15.9. The van der Waals surface area contributed by atoms with E-state index in [1.807, 2.05) is 49.3 Å². The predicted octanol–water partition coefficient (Wildman–Crippen LogP) is 3.09. The second-order valence-electron chi connectivity index (χ2n) is 5.58. The molecule has 0 bridgehead atoms. The molecule has 23 heavy (non-hydrogen) atoms. The fourth-order valence-electron chi connectivity index (χ4n) is 2.14. The van der Waals surface area contributed by atoms with Crippen molar-refractivity contribution < 1.29 is 8.42 Å². The number of hydrogen-bond donors (Lipinski definition) is 0. The summed E-state index contributed by atoms with van der Waals surface area (Å²) in [5, 5.41) is 0.520. The van der Waals surface area contributed by atoms with E-state index in [0.717, 1.165) is 5.56 Å². The summed E-state index contributed by atoms with van der Waals surface area (Å²) in [6.45, 7) is 1.42. The average molecular weight is 353 g/mol. The summed E-state index contributed by atoms with van der Waals surface area (Å²) < 4.78 is 27.4. The van der Waals surface area contributed by atoms with Gasteiger partial charge in [-0.2, -0.15) is 4.31 Å². The van der Waals surface area contributed by atoms with E-state index >= 15 is 0 Å². The van der Waals surface area contributed by atoms with Crippen LogP contribution in [0.4, 0.5) is 0 Å². The second-order valence-corrected chi connectivity index (χ2v) is 7.96. The minimum absolute atomic E-state index is 0.261. The molecule has 0 N–H and O–H groups in total. The Morgan fingerprint density at radius 1 is 0.913 bits per heavy atom. The lowest BCUT2D eigenvalue weighted by molar-refractivity contribution is 0.329. The third-order valence-electron chi connectivity index (χ3n) is 3.45. The van der Waals surface area contributed by atoms with Gasteiger partial charge in [0.15, 0.2) is 0 Å². The topological polar surface area (TPSA) is 40.6 Å². The molecule has 0 aliphatic heterocycles. The van der Waals surface area contributed by atoms with Crippen LogP contribution in [0.3, 0.4) is 0 Å². The highest BCUT2D eigenvalue weighted by atomic mass is 35.5. The van der Waals surface area contributed by atoms with Crippen molar-refractivity contribution in [3.05, 3.63) is 65.2 Å². The fraction of sp³-hybridized carbons (Fsp3) is 0.294. The van der Waals surface area contributed by atoms with E-state index in [1.165, 1.54) is 4.31 Å². The minimum Gasteiger partial charge on any atom is -0.308 e. The Hall–Kier alpha value is -1.40. The standard InChI is InChI=1S/C17H21ClN2O2S/c1-19(2)12-13-20(14-15-6-4-3-5-7-15)23(21,22)17-10-8-16(18)9-11-17/h3-11H,12-14H2,1-2H3. The molecule has 0 unspecified atom stereocenters. The molecule has 4 nitrogen and oxygen atoms in total. The van der Waals surface area contributed by atoms with Crippen LogP contribution in [0.5, 0.6) is 0 Å². The zero-order valence-corrected chi connectivity index (χ0v) is 14.9. The first kappa shape index (κ1) is 17.9. The van der Waals surface area contributed by atoms with Crippen molar-refractivity contribution in [2.45, 2.75) is 11.4 Å². The Kier molecular flexibility index (Phi) is 6.18. The van der Waals surface area contributed by atoms with Crippen molar-refractivity contribution in [2.24, 2.45) is 0 Å². The molecule has 0 aliphatic rings. The number of benzene rings is 2. The van der Waals surface area contributed by atoms with Gasteiger partial charge in [0.2, 0.25) is 10.0 Å². The highest BCUT2D eigenvalue weighted by Crippen LogP contribution is 2.20. The molecule has 124 valence electrons. The van der Waals surface area contributed by atoms with Crippen molar-refractivity contribution in [1.82, 2.24) is 9.21 Å². The molecular formula is C17H21ClN2O2S. The maximum absolute atomic E-state index is 12.9. The summed E-state index contributed by atoms with van der Waals surface area (Å²) in [4.78, 5) is 2.23. The minimum atomic E-state index is -3.56. The smallest absolute Gasteiger partial charge is 0.243 e. The van der Waals surface area contributed by atoms with Gasteiger partial charge in [0.05, 0.1) is 4.90 Å². The molecule has 0 radical (unpaired) electrons. The quantitative estimate of drug-likeness (QED) is 0.768. The van der Waals surface area contributed by atoms with Gasteiger partial charge in [0.1, 0.15) is 0 Å². The number of halogens is 1. The maximum atomic E-state index is 12.9. The average Bonchev–Trinajstić information content (AvgIpc) is 2.52. The first-order valence-electron chi connectivity index (χ1n) is 7.34. The van der Waals surface area contributed by atoms with Crippen molar-refractivity contribution in [2.75, 3.05) is 27.2 Å². The van der Waals surface area contributed by atoms with Gasteiger partial charge in [-0.25, -0.2) is 8.42 Å². The number of hydrogen-bond acceptors (Lipinski definition) is 3. The number of sulfonamides is 1. The predicted molar refractivity (Wildman–Crippen MR) is 94.0 cm³/mol. The van der Waals surface area contributed by atoms with E-state index in [-0.39, 0.29) is 4.90 Å². The molecule has 0 spiro atoms. The van der Waals surface area contributed by atoms with Gasteiger partial charge in [0, 0.05) is 24.7 Å². The molecule has 0 aromatic heterocycles. The van der Waals surface area contributed by atoms with Crippen LogP contribution in [0.2, 0.25) is 5.02 Å².